The van der Waals surface area contributed by atoms with Gasteiger partial charge in [-0.1, -0.05) is 26.0 Å². The van der Waals surface area contributed by atoms with Crippen molar-refractivity contribution < 1.29 is 22.4 Å². The number of aromatic nitrogens is 2. The van der Waals surface area contributed by atoms with E-state index in [1.165, 1.54) is 24.3 Å². The number of benzene rings is 1. The van der Waals surface area contributed by atoms with Gasteiger partial charge in [-0.3, -0.25) is 19.6 Å². The molecule has 0 saturated carbocycles. The standard InChI is InChI=1S/C24H20F3N3O4/c1-23(2)9-13-17(14(31)10-23)18(19-20(28-13)29-22(33)30-21(19)32)16-7-6-15(34-16)11-4-3-5-12(8-11)24(25,26)27/h3-8,18H,9-10H2,1-2H3,(H3,28,29,30,32,33)/t18-/m1/s1. The fraction of sp³-hybridized carbons (Fsp3) is 0.292. The van der Waals surface area contributed by atoms with Crippen molar-refractivity contribution in [1.29, 1.82) is 0 Å². The molecule has 5 rings (SSSR count). The number of carbonyl (C=O) groups is 1. The minimum absolute atomic E-state index is 0.108. The monoisotopic (exact) mass is 471 g/mol. The lowest BCUT2D eigenvalue weighted by Crippen LogP contribution is -2.38. The molecule has 0 amide bonds. The molecular weight excluding hydrogens is 451 g/mol. The van der Waals surface area contributed by atoms with Crippen molar-refractivity contribution in [1.82, 2.24) is 9.97 Å². The van der Waals surface area contributed by atoms with E-state index in [4.69, 9.17) is 4.42 Å². The Bertz CT molecular complexity index is 1470. The largest absolute Gasteiger partial charge is 0.460 e. The maximum Gasteiger partial charge on any atom is 0.416 e. The molecule has 2 aliphatic rings. The summed E-state index contributed by atoms with van der Waals surface area (Å²) in [5.41, 5.74) is -1.29. The summed E-state index contributed by atoms with van der Waals surface area (Å²) in [6.45, 7) is 3.89. The van der Waals surface area contributed by atoms with Crippen LogP contribution in [0.3, 0.4) is 0 Å². The molecule has 1 atom stereocenters. The molecule has 1 aliphatic carbocycles. The molecule has 34 heavy (non-hydrogen) atoms. The predicted octanol–water partition coefficient (Wildman–Crippen LogP) is 4.54. The number of anilines is 1. The Labute approximate surface area is 190 Å². The third-order valence-electron chi connectivity index (χ3n) is 6.14. The first-order valence-electron chi connectivity index (χ1n) is 10.6. The van der Waals surface area contributed by atoms with Crippen LogP contribution in [-0.4, -0.2) is 15.8 Å². The Morgan fingerprint density at radius 1 is 1.03 bits per heavy atom. The van der Waals surface area contributed by atoms with Gasteiger partial charge in [0.25, 0.3) is 5.56 Å². The average Bonchev–Trinajstić information content (AvgIpc) is 3.20. The van der Waals surface area contributed by atoms with E-state index in [2.05, 4.69) is 15.3 Å². The van der Waals surface area contributed by atoms with E-state index in [9.17, 15) is 27.6 Å². The molecule has 1 aromatic carbocycles. The maximum atomic E-state index is 13.2. The second-order valence-electron chi connectivity index (χ2n) is 9.37. The molecule has 0 unspecified atom stereocenters. The van der Waals surface area contributed by atoms with Crippen LogP contribution in [0.25, 0.3) is 11.3 Å². The van der Waals surface area contributed by atoms with E-state index in [0.29, 0.717) is 17.7 Å². The number of alkyl halides is 3. The maximum absolute atomic E-state index is 13.2. The number of halogens is 3. The fourth-order valence-corrected chi connectivity index (χ4v) is 4.74. The highest BCUT2D eigenvalue weighted by Crippen LogP contribution is 2.48. The van der Waals surface area contributed by atoms with Crippen molar-refractivity contribution in [2.45, 2.75) is 38.8 Å². The average molecular weight is 471 g/mol. The second-order valence-corrected chi connectivity index (χ2v) is 9.37. The molecular formula is C24H20F3N3O4. The Kier molecular flexibility index (Phi) is 4.75. The highest BCUT2D eigenvalue weighted by molar-refractivity contribution is 6.01. The number of hydrogen-bond donors (Lipinski definition) is 3. The summed E-state index contributed by atoms with van der Waals surface area (Å²) in [6.07, 6.45) is -3.76. The quantitative estimate of drug-likeness (QED) is 0.509. The number of aromatic amines is 2. The summed E-state index contributed by atoms with van der Waals surface area (Å²) in [5, 5.41) is 3.05. The van der Waals surface area contributed by atoms with E-state index in [1.54, 1.807) is 0 Å². The van der Waals surface area contributed by atoms with Crippen molar-refractivity contribution in [3.05, 3.63) is 85.4 Å². The van der Waals surface area contributed by atoms with Crippen molar-refractivity contribution >= 4 is 11.6 Å². The molecule has 2 aromatic heterocycles. The highest BCUT2D eigenvalue weighted by Gasteiger charge is 2.43. The molecule has 0 spiro atoms. The summed E-state index contributed by atoms with van der Waals surface area (Å²) < 4.78 is 45.4. The van der Waals surface area contributed by atoms with Crippen LogP contribution in [0.5, 0.6) is 0 Å². The van der Waals surface area contributed by atoms with Crippen LogP contribution in [0, 0.1) is 5.41 Å². The minimum Gasteiger partial charge on any atom is -0.460 e. The molecule has 1 aliphatic heterocycles. The lowest BCUT2D eigenvalue weighted by molar-refractivity contribution is -0.137. The van der Waals surface area contributed by atoms with E-state index < -0.39 is 28.9 Å². The van der Waals surface area contributed by atoms with Gasteiger partial charge in [0.05, 0.1) is 17.0 Å². The van der Waals surface area contributed by atoms with Crippen molar-refractivity contribution in [2.24, 2.45) is 5.41 Å². The molecule has 0 radical (unpaired) electrons. The Morgan fingerprint density at radius 3 is 2.53 bits per heavy atom. The zero-order chi connectivity index (χ0) is 24.4. The van der Waals surface area contributed by atoms with Gasteiger partial charge < -0.3 is 9.73 Å². The molecule has 3 aromatic rings. The van der Waals surface area contributed by atoms with Gasteiger partial charge >= 0.3 is 11.9 Å². The highest BCUT2D eigenvalue weighted by atomic mass is 19.4. The summed E-state index contributed by atoms with van der Waals surface area (Å²) in [6, 6.07) is 7.75. The first-order chi connectivity index (χ1) is 15.9. The van der Waals surface area contributed by atoms with Gasteiger partial charge in [-0.15, -0.1) is 0 Å². The molecule has 7 nitrogen and oxygen atoms in total. The first kappa shape index (κ1) is 22.0. The number of allylic oxidation sites excluding steroid dienone is 2. The number of rotatable bonds is 2. The lowest BCUT2D eigenvalue weighted by Gasteiger charge is -2.37. The smallest absolute Gasteiger partial charge is 0.416 e. The van der Waals surface area contributed by atoms with Crippen molar-refractivity contribution in [2.75, 3.05) is 5.32 Å². The molecule has 3 N–H and O–H groups in total. The predicted molar refractivity (Wildman–Crippen MR) is 117 cm³/mol. The third-order valence-corrected chi connectivity index (χ3v) is 6.14. The lowest BCUT2D eigenvalue weighted by atomic mass is 9.70. The minimum atomic E-state index is -4.51. The fourth-order valence-electron chi connectivity index (χ4n) is 4.74. The van der Waals surface area contributed by atoms with Crippen LogP contribution in [0.4, 0.5) is 19.0 Å². The Morgan fingerprint density at radius 2 is 1.79 bits per heavy atom. The van der Waals surface area contributed by atoms with Gasteiger partial charge in [0.2, 0.25) is 0 Å². The number of nitrogens with one attached hydrogen (secondary N) is 3. The summed E-state index contributed by atoms with van der Waals surface area (Å²) in [7, 11) is 0. The van der Waals surface area contributed by atoms with Crippen LogP contribution < -0.4 is 16.6 Å². The van der Waals surface area contributed by atoms with Crippen molar-refractivity contribution in [3.8, 4) is 11.3 Å². The summed E-state index contributed by atoms with van der Waals surface area (Å²) in [4.78, 5) is 42.7. The molecule has 176 valence electrons. The van der Waals surface area contributed by atoms with Crippen LogP contribution in [0.1, 0.15) is 49.5 Å². The van der Waals surface area contributed by atoms with E-state index in [1.807, 2.05) is 13.8 Å². The van der Waals surface area contributed by atoms with Gasteiger partial charge in [0.1, 0.15) is 17.3 Å². The normalized spacial score (nSPS) is 19.4. The molecule has 0 saturated heterocycles. The first-order valence-corrected chi connectivity index (χ1v) is 10.6. The summed E-state index contributed by atoms with van der Waals surface area (Å²) in [5.74, 6) is -0.548. The van der Waals surface area contributed by atoms with Crippen LogP contribution in [-0.2, 0) is 11.0 Å². The number of furan rings is 1. The SMILES string of the molecule is CC1(C)CC(=O)C2=C(C1)Nc1[nH]c(=O)[nH]c(=O)c1[C@@H]2c1ccc(-c2cccc(C(F)(F)F)c2)o1. The van der Waals surface area contributed by atoms with Crippen LogP contribution >= 0.6 is 0 Å². The summed E-state index contributed by atoms with van der Waals surface area (Å²) >= 11 is 0. The van der Waals surface area contributed by atoms with Crippen LogP contribution in [0.2, 0.25) is 0 Å². The second kappa shape index (κ2) is 7.34. The van der Waals surface area contributed by atoms with Gasteiger partial charge in [0.15, 0.2) is 5.78 Å². The van der Waals surface area contributed by atoms with Gasteiger partial charge in [-0.2, -0.15) is 13.2 Å². The Balaban J connectivity index is 1.67. The van der Waals surface area contributed by atoms with Crippen molar-refractivity contribution in [3.63, 3.8) is 0 Å². The number of hydrogen-bond acceptors (Lipinski definition) is 5. The van der Waals surface area contributed by atoms with Crippen LogP contribution in [0.15, 0.2) is 61.7 Å². The van der Waals surface area contributed by atoms with Gasteiger partial charge in [0, 0.05) is 23.3 Å². The zero-order valence-corrected chi connectivity index (χ0v) is 18.2. The number of ketones is 1. The van der Waals surface area contributed by atoms with E-state index in [0.717, 1.165) is 12.1 Å². The van der Waals surface area contributed by atoms with Gasteiger partial charge in [-0.25, -0.2) is 4.79 Å². The molecule has 0 fully saturated rings. The zero-order valence-electron chi connectivity index (χ0n) is 18.2. The molecule has 3 heterocycles. The topological polar surface area (TPSA) is 108 Å². The molecule has 10 heteroatoms. The number of carbonyl (C=O) groups excluding carboxylic acids is 1. The van der Waals surface area contributed by atoms with E-state index >= 15 is 0 Å². The molecule has 0 bridgehead atoms. The van der Waals surface area contributed by atoms with E-state index in [-0.39, 0.29) is 46.1 Å². The number of fused-ring (bicyclic) bond motifs is 1. The Hall–Kier alpha value is -3.82. The number of Topliss-reactive ketones (excluding diaryl/α,β-unsaturated/α-hetero) is 1. The third kappa shape index (κ3) is 3.68. The number of H-pyrrole nitrogens is 2. The van der Waals surface area contributed by atoms with Gasteiger partial charge in [-0.05, 0) is 36.1 Å².